The number of benzene rings is 1. The normalized spacial score (nSPS) is 12.6. The lowest BCUT2D eigenvalue weighted by molar-refractivity contribution is 0.354. The summed E-state index contributed by atoms with van der Waals surface area (Å²) in [4.78, 5) is 0. The molecule has 1 rings (SSSR count). The molecule has 0 heterocycles. The minimum atomic E-state index is 0.185. The van der Waals surface area contributed by atoms with Gasteiger partial charge in [-0.2, -0.15) is 0 Å². The van der Waals surface area contributed by atoms with Gasteiger partial charge in [0.05, 0.1) is 14.2 Å². The SMILES string of the molecule is COc1ccc(CNCC(N)C(C)C)cc1OC. The number of rotatable bonds is 7. The molecule has 0 spiro atoms. The number of nitrogens with two attached hydrogens (primary N) is 1. The summed E-state index contributed by atoms with van der Waals surface area (Å²) in [6.07, 6.45) is 0. The molecule has 0 aliphatic carbocycles. The molecule has 0 amide bonds. The Balaban J connectivity index is 2.53. The fraction of sp³-hybridized carbons (Fsp3) is 0.571. The molecule has 0 saturated heterocycles. The number of hydrogen-bond acceptors (Lipinski definition) is 4. The molecule has 4 nitrogen and oxygen atoms in total. The Hall–Kier alpha value is -1.26. The Bertz CT molecular complexity index is 367. The highest BCUT2D eigenvalue weighted by atomic mass is 16.5. The zero-order valence-corrected chi connectivity index (χ0v) is 11.7. The van der Waals surface area contributed by atoms with Crippen LogP contribution in [0.1, 0.15) is 19.4 Å². The Morgan fingerprint density at radius 2 is 1.83 bits per heavy atom. The maximum absolute atomic E-state index is 5.98. The lowest BCUT2D eigenvalue weighted by Crippen LogP contribution is -2.37. The molecule has 0 aliphatic heterocycles. The van der Waals surface area contributed by atoms with E-state index in [9.17, 15) is 0 Å². The van der Waals surface area contributed by atoms with Gasteiger partial charge in [-0.25, -0.2) is 0 Å². The first kappa shape index (κ1) is 14.8. The van der Waals surface area contributed by atoms with E-state index in [1.54, 1.807) is 14.2 Å². The van der Waals surface area contributed by atoms with Gasteiger partial charge >= 0.3 is 0 Å². The summed E-state index contributed by atoms with van der Waals surface area (Å²) in [7, 11) is 3.28. The topological polar surface area (TPSA) is 56.5 Å². The summed E-state index contributed by atoms with van der Waals surface area (Å²) in [5, 5.41) is 3.35. The van der Waals surface area contributed by atoms with Crippen LogP contribution >= 0.6 is 0 Å². The van der Waals surface area contributed by atoms with Crippen LogP contribution in [0.5, 0.6) is 11.5 Å². The summed E-state index contributed by atoms with van der Waals surface area (Å²) < 4.78 is 10.5. The molecule has 0 fully saturated rings. The van der Waals surface area contributed by atoms with Crippen molar-refractivity contribution in [1.82, 2.24) is 5.32 Å². The molecule has 0 radical (unpaired) electrons. The molecule has 1 atom stereocenters. The maximum Gasteiger partial charge on any atom is 0.161 e. The third-order valence-electron chi connectivity index (χ3n) is 3.01. The van der Waals surface area contributed by atoms with Crippen LogP contribution in [-0.2, 0) is 6.54 Å². The average Bonchev–Trinajstić information content (AvgIpc) is 2.38. The Morgan fingerprint density at radius 1 is 1.17 bits per heavy atom. The van der Waals surface area contributed by atoms with Crippen molar-refractivity contribution in [3.8, 4) is 11.5 Å². The van der Waals surface area contributed by atoms with E-state index in [1.807, 2.05) is 18.2 Å². The van der Waals surface area contributed by atoms with Crippen LogP contribution in [0.3, 0.4) is 0 Å². The van der Waals surface area contributed by atoms with E-state index in [1.165, 1.54) is 0 Å². The molecule has 4 heteroatoms. The Kier molecular flexibility index (Phi) is 5.95. The van der Waals surface area contributed by atoms with Crippen molar-refractivity contribution < 1.29 is 9.47 Å². The molecule has 0 aliphatic rings. The van der Waals surface area contributed by atoms with Gasteiger partial charge in [-0.3, -0.25) is 0 Å². The van der Waals surface area contributed by atoms with Gasteiger partial charge < -0.3 is 20.5 Å². The van der Waals surface area contributed by atoms with Gasteiger partial charge in [0.1, 0.15) is 0 Å². The van der Waals surface area contributed by atoms with E-state index >= 15 is 0 Å². The number of hydrogen-bond donors (Lipinski definition) is 2. The summed E-state index contributed by atoms with van der Waals surface area (Å²) in [5.74, 6) is 1.99. The Morgan fingerprint density at radius 3 is 2.39 bits per heavy atom. The molecule has 1 aromatic rings. The highest BCUT2D eigenvalue weighted by Gasteiger charge is 2.07. The first-order chi connectivity index (χ1) is 8.58. The molecule has 1 aromatic carbocycles. The fourth-order valence-electron chi connectivity index (χ4n) is 1.61. The summed E-state index contributed by atoms with van der Waals surface area (Å²) in [6.45, 7) is 5.85. The number of methoxy groups -OCH3 is 2. The van der Waals surface area contributed by atoms with Crippen molar-refractivity contribution in [3.63, 3.8) is 0 Å². The fourth-order valence-corrected chi connectivity index (χ4v) is 1.61. The monoisotopic (exact) mass is 252 g/mol. The smallest absolute Gasteiger partial charge is 0.161 e. The van der Waals surface area contributed by atoms with Crippen LogP contribution < -0.4 is 20.5 Å². The van der Waals surface area contributed by atoms with Gasteiger partial charge in [-0.1, -0.05) is 19.9 Å². The van der Waals surface area contributed by atoms with Crippen LogP contribution in [0.2, 0.25) is 0 Å². The lowest BCUT2D eigenvalue weighted by Gasteiger charge is -2.16. The molecule has 18 heavy (non-hydrogen) atoms. The first-order valence-electron chi connectivity index (χ1n) is 6.25. The van der Waals surface area contributed by atoms with Crippen molar-refractivity contribution in [3.05, 3.63) is 23.8 Å². The van der Waals surface area contributed by atoms with Gasteiger partial charge in [0, 0.05) is 19.1 Å². The molecule has 102 valence electrons. The highest BCUT2D eigenvalue weighted by Crippen LogP contribution is 2.27. The zero-order valence-electron chi connectivity index (χ0n) is 11.7. The quantitative estimate of drug-likeness (QED) is 0.776. The molecule has 1 unspecified atom stereocenters. The summed E-state index contributed by atoms with van der Waals surface area (Å²) >= 11 is 0. The number of nitrogens with one attached hydrogen (secondary N) is 1. The first-order valence-corrected chi connectivity index (χ1v) is 6.25. The molecular formula is C14H24N2O2. The third kappa shape index (κ3) is 4.20. The minimum absolute atomic E-state index is 0.185. The second-order valence-corrected chi connectivity index (χ2v) is 4.73. The summed E-state index contributed by atoms with van der Waals surface area (Å²) in [5.41, 5.74) is 7.13. The molecule has 0 saturated carbocycles. The van der Waals surface area contributed by atoms with Gasteiger partial charge in [-0.05, 0) is 23.6 Å². The van der Waals surface area contributed by atoms with E-state index in [2.05, 4.69) is 19.2 Å². The van der Waals surface area contributed by atoms with Gasteiger partial charge in [0.15, 0.2) is 11.5 Å². The third-order valence-corrected chi connectivity index (χ3v) is 3.01. The van der Waals surface area contributed by atoms with Crippen molar-refractivity contribution in [2.24, 2.45) is 11.7 Å². The van der Waals surface area contributed by atoms with Crippen molar-refractivity contribution in [2.75, 3.05) is 20.8 Å². The molecule has 0 bridgehead atoms. The van der Waals surface area contributed by atoms with Crippen molar-refractivity contribution in [2.45, 2.75) is 26.4 Å². The van der Waals surface area contributed by atoms with Gasteiger partial charge in [0.2, 0.25) is 0 Å². The van der Waals surface area contributed by atoms with Crippen molar-refractivity contribution >= 4 is 0 Å². The van der Waals surface area contributed by atoms with Crippen LogP contribution in [-0.4, -0.2) is 26.8 Å². The van der Waals surface area contributed by atoms with E-state index in [-0.39, 0.29) is 6.04 Å². The molecule has 0 aromatic heterocycles. The van der Waals surface area contributed by atoms with E-state index in [0.717, 1.165) is 30.2 Å². The lowest BCUT2D eigenvalue weighted by atomic mass is 10.1. The number of ether oxygens (including phenoxy) is 2. The second kappa shape index (κ2) is 7.24. The van der Waals surface area contributed by atoms with E-state index in [0.29, 0.717) is 5.92 Å². The average molecular weight is 252 g/mol. The van der Waals surface area contributed by atoms with Crippen molar-refractivity contribution in [1.29, 1.82) is 0 Å². The maximum atomic E-state index is 5.98. The largest absolute Gasteiger partial charge is 0.493 e. The van der Waals surface area contributed by atoms with Crippen LogP contribution in [0, 0.1) is 5.92 Å². The van der Waals surface area contributed by atoms with Crippen LogP contribution in [0.15, 0.2) is 18.2 Å². The van der Waals surface area contributed by atoms with E-state index < -0.39 is 0 Å². The van der Waals surface area contributed by atoms with Gasteiger partial charge in [-0.15, -0.1) is 0 Å². The predicted molar refractivity (Wildman–Crippen MR) is 74.1 cm³/mol. The second-order valence-electron chi connectivity index (χ2n) is 4.73. The minimum Gasteiger partial charge on any atom is -0.493 e. The van der Waals surface area contributed by atoms with Crippen LogP contribution in [0.25, 0.3) is 0 Å². The predicted octanol–water partition coefficient (Wildman–Crippen LogP) is 1.78. The highest BCUT2D eigenvalue weighted by molar-refractivity contribution is 5.42. The van der Waals surface area contributed by atoms with Crippen LogP contribution in [0.4, 0.5) is 0 Å². The van der Waals surface area contributed by atoms with E-state index in [4.69, 9.17) is 15.2 Å². The molecular weight excluding hydrogens is 228 g/mol. The Labute approximate surface area is 109 Å². The van der Waals surface area contributed by atoms with Gasteiger partial charge in [0.25, 0.3) is 0 Å². The summed E-state index contributed by atoms with van der Waals surface area (Å²) in [6, 6.07) is 6.10. The standard InChI is InChI=1S/C14H24N2O2/c1-10(2)12(15)9-16-8-11-5-6-13(17-3)14(7-11)18-4/h5-7,10,12,16H,8-9,15H2,1-4H3. The molecule has 3 N–H and O–H groups in total. The zero-order chi connectivity index (χ0) is 13.5.